The van der Waals surface area contributed by atoms with Crippen LogP contribution in [0.2, 0.25) is 0 Å². The van der Waals surface area contributed by atoms with Gasteiger partial charge >= 0.3 is 0 Å². The van der Waals surface area contributed by atoms with Crippen molar-refractivity contribution in [3.05, 3.63) is 5.82 Å². The maximum absolute atomic E-state index is 9.88. The Morgan fingerprint density at radius 1 is 0.955 bits per heavy atom. The molecule has 0 aliphatic heterocycles. The van der Waals surface area contributed by atoms with Gasteiger partial charge in [0, 0.05) is 27.8 Å². The van der Waals surface area contributed by atoms with Gasteiger partial charge in [0.15, 0.2) is 0 Å². The second-order valence-corrected chi connectivity index (χ2v) is 4.60. The number of aliphatic hydroxyl groups excluding tert-OH is 1. The molecule has 0 saturated heterocycles. The molecule has 1 unspecified atom stereocenters. The van der Waals surface area contributed by atoms with E-state index in [9.17, 15) is 5.11 Å². The third kappa shape index (κ3) is 5.02. The third-order valence-electron chi connectivity index (χ3n) is 2.80. The number of hydrogen-bond donors (Lipinski definition) is 1. The average molecular weight is 315 g/mol. The van der Waals surface area contributed by atoms with E-state index in [2.05, 4.69) is 15.0 Å². The Morgan fingerprint density at radius 3 is 1.95 bits per heavy atom. The van der Waals surface area contributed by atoms with Gasteiger partial charge in [-0.05, 0) is 6.92 Å². The van der Waals surface area contributed by atoms with Gasteiger partial charge in [-0.15, -0.1) is 0 Å². The third-order valence-corrected chi connectivity index (χ3v) is 2.80. The highest BCUT2D eigenvalue weighted by Crippen LogP contribution is 2.16. The number of hydrogen-bond acceptors (Lipinski definition) is 9. The molecule has 9 heteroatoms. The zero-order chi connectivity index (χ0) is 16.5. The van der Waals surface area contributed by atoms with E-state index in [1.165, 1.54) is 4.90 Å². The Balaban J connectivity index is 3.20. The van der Waals surface area contributed by atoms with Gasteiger partial charge in [-0.3, -0.25) is 9.80 Å². The van der Waals surface area contributed by atoms with Gasteiger partial charge in [-0.2, -0.15) is 15.0 Å². The first-order chi connectivity index (χ1) is 10.6. The fraction of sp³-hybridized carbons (Fsp3) is 0.769. The molecule has 22 heavy (non-hydrogen) atoms. The second kappa shape index (κ2) is 9.46. The quantitative estimate of drug-likeness (QED) is 0.607. The molecule has 1 aromatic heterocycles. The van der Waals surface area contributed by atoms with Crippen molar-refractivity contribution in [2.24, 2.45) is 0 Å². The number of methoxy groups -OCH3 is 3. The molecular weight excluding hydrogens is 290 g/mol. The molecule has 0 aliphatic rings. The summed E-state index contributed by atoms with van der Waals surface area (Å²) in [5.41, 5.74) is 0. The summed E-state index contributed by atoms with van der Waals surface area (Å²) < 4.78 is 15.4. The molecule has 0 fully saturated rings. The molecule has 126 valence electrons. The van der Waals surface area contributed by atoms with Crippen LogP contribution in [-0.2, 0) is 20.6 Å². The largest absolute Gasteiger partial charge is 0.374 e. The molecule has 1 atom stereocenters. The van der Waals surface area contributed by atoms with Crippen molar-refractivity contribution >= 4 is 11.9 Å². The zero-order valence-electron chi connectivity index (χ0n) is 13.8. The van der Waals surface area contributed by atoms with Crippen LogP contribution < -0.4 is 9.80 Å². The molecule has 1 rings (SSSR count). The smallest absolute Gasteiger partial charge is 0.234 e. The summed E-state index contributed by atoms with van der Waals surface area (Å²) in [5, 5.41) is 9.88. The van der Waals surface area contributed by atoms with Crippen molar-refractivity contribution < 1.29 is 19.3 Å². The van der Waals surface area contributed by atoms with Crippen LogP contribution in [0.5, 0.6) is 0 Å². The first kappa shape index (κ1) is 18.5. The molecule has 0 saturated carbocycles. The number of anilines is 2. The summed E-state index contributed by atoms with van der Waals surface area (Å²) in [6, 6.07) is 0. The van der Waals surface area contributed by atoms with Crippen LogP contribution in [0.15, 0.2) is 0 Å². The molecule has 0 spiro atoms. The summed E-state index contributed by atoms with van der Waals surface area (Å²) in [4.78, 5) is 16.4. The highest BCUT2D eigenvalue weighted by atomic mass is 16.5. The lowest BCUT2D eigenvalue weighted by Crippen LogP contribution is -2.37. The van der Waals surface area contributed by atoms with Gasteiger partial charge in [0.1, 0.15) is 32.2 Å². The number of ether oxygens (including phenoxy) is 3. The van der Waals surface area contributed by atoms with Crippen molar-refractivity contribution in [3.63, 3.8) is 0 Å². The van der Waals surface area contributed by atoms with Crippen LogP contribution in [0.4, 0.5) is 11.9 Å². The highest BCUT2D eigenvalue weighted by Gasteiger charge is 2.19. The fourth-order valence-electron chi connectivity index (χ4n) is 1.76. The normalized spacial score (nSPS) is 12.3. The summed E-state index contributed by atoms with van der Waals surface area (Å²) >= 11 is 0. The minimum atomic E-state index is -0.793. The van der Waals surface area contributed by atoms with Gasteiger partial charge in [0.05, 0.1) is 0 Å². The lowest BCUT2D eigenvalue weighted by atomic mass is 10.4. The van der Waals surface area contributed by atoms with Crippen molar-refractivity contribution in [3.8, 4) is 0 Å². The van der Waals surface area contributed by atoms with Crippen LogP contribution >= 0.6 is 0 Å². The van der Waals surface area contributed by atoms with E-state index in [1.807, 2.05) is 6.92 Å². The lowest BCUT2D eigenvalue weighted by Gasteiger charge is -2.26. The molecule has 0 aliphatic carbocycles. The average Bonchev–Trinajstić information content (AvgIpc) is 2.51. The van der Waals surface area contributed by atoms with Crippen molar-refractivity contribution in [2.45, 2.75) is 26.5 Å². The Kier molecular flexibility index (Phi) is 7.96. The van der Waals surface area contributed by atoms with Crippen LogP contribution in [0.3, 0.4) is 0 Å². The van der Waals surface area contributed by atoms with Gasteiger partial charge in [-0.25, -0.2) is 0 Å². The second-order valence-electron chi connectivity index (χ2n) is 4.60. The first-order valence-electron chi connectivity index (χ1n) is 6.98. The minimum absolute atomic E-state index is 0.166. The van der Waals surface area contributed by atoms with E-state index >= 15 is 0 Å². The summed E-state index contributed by atoms with van der Waals surface area (Å²) in [5.74, 6) is 1.38. The number of aromatic nitrogens is 3. The van der Waals surface area contributed by atoms with Crippen LogP contribution in [-0.4, -0.2) is 67.8 Å². The fourth-order valence-corrected chi connectivity index (χ4v) is 1.76. The SMILES string of the molecule is CCc1nc(N(COC)COC)nc(N(COC)C(C)O)n1. The van der Waals surface area contributed by atoms with Gasteiger partial charge < -0.3 is 19.3 Å². The number of nitrogens with zero attached hydrogens (tertiary/aromatic N) is 5. The van der Waals surface area contributed by atoms with E-state index in [-0.39, 0.29) is 20.2 Å². The summed E-state index contributed by atoms with van der Waals surface area (Å²) in [6.45, 7) is 4.29. The molecule has 1 aromatic rings. The van der Waals surface area contributed by atoms with Crippen molar-refractivity contribution in [1.29, 1.82) is 0 Å². The van der Waals surface area contributed by atoms with Gasteiger partial charge in [-0.1, -0.05) is 6.92 Å². The summed E-state index contributed by atoms with van der Waals surface area (Å²) in [6.07, 6.45) is -0.157. The number of rotatable bonds is 10. The molecule has 1 heterocycles. The maximum atomic E-state index is 9.88. The van der Waals surface area contributed by atoms with E-state index < -0.39 is 6.23 Å². The zero-order valence-corrected chi connectivity index (χ0v) is 13.8. The Labute approximate surface area is 130 Å². The predicted octanol–water partition coefficient (Wildman–Crippen LogP) is 0.197. The molecule has 0 radical (unpaired) electrons. The molecular formula is C13H25N5O4. The van der Waals surface area contributed by atoms with E-state index in [4.69, 9.17) is 14.2 Å². The molecule has 9 nitrogen and oxygen atoms in total. The number of aliphatic hydroxyl groups is 1. The van der Waals surface area contributed by atoms with E-state index in [1.54, 1.807) is 33.2 Å². The Hall–Kier alpha value is -1.55. The topological polar surface area (TPSA) is 93.1 Å². The molecule has 0 aromatic carbocycles. The van der Waals surface area contributed by atoms with Crippen molar-refractivity contribution in [1.82, 2.24) is 15.0 Å². The van der Waals surface area contributed by atoms with E-state index in [0.717, 1.165) is 0 Å². The maximum Gasteiger partial charge on any atom is 0.234 e. The molecule has 1 N–H and O–H groups in total. The standard InChI is InChI=1S/C13H25N5O4/c1-6-11-14-12(17(7-20-3)8-21-4)16-13(15-11)18(9-22-5)10(2)19/h10,19H,6-9H2,1-5H3. The molecule has 0 bridgehead atoms. The monoisotopic (exact) mass is 315 g/mol. The predicted molar refractivity (Wildman–Crippen MR) is 81.5 cm³/mol. The van der Waals surface area contributed by atoms with Gasteiger partial charge in [0.2, 0.25) is 11.9 Å². The minimum Gasteiger partial charge on any atom is -0.374 e. The lowest BCUT2D eigenvalue weighted by molar-refractivity contribution is 0.121. The summed E-state index contributed by atoms with van der Waals surface area (Å²) in [7, 11) is 4.71. The number of aryl methyl sites for hydroxylation is 1. The highest BCUT2D eigenvalue weighted by molar-refractivity contribution is 5.38. The Morgan fingerprint density at radius 2 is 1.50 bits per heavy atom. The van der Waals surface area contributed by atoms with Crippen LogP contribution in [0.1, 0.15) is 19.7 Å². The van der Waals surface area contributed by atoms with E-state index in [0.29, 0.717) is 24.1 Å². The van der Waals surface area contributed by atoms with Gasteiger partial charge in [0.25, 0.3) is 0 Å². The first-order valence-corrected chi connectivity index (χ1v) is 6.98. The van der Waals surface area contributed by atoms with Crippen LogP contribution in [0.25, 0.3) is 0 Å². The molecule has 0 amide bonds. The van der Waals surface area contributed by atoms with Crippen molar-refractivity contribution in [2.75, 3.05) is 51.3 Å². The Bertz CT molecular complexity index is 440. The van der Waals surface area contributed by atoms with Crippen LogP contribution in [0, 0.1) is 0 Å².